The van der Waals surface area contributed by atoms with Gasteiger partial charge < -0.3 is 41.7 Å². The molecule has 1 fully saturated rings. The van der Waals surface area contributed by atoms with Gasteiger partial charge in [0.15, 0.2) is 0 Å². The average Bonchev–Trinajstić information content (AvgIpc) is 3.17. The lowest BCUT2D eigenvalue weighted by atomic mass is 10.1. The van der Waals surface area contributed by atoms with Crippen LogP contribution in [0.25, 0.3) is 0 Å². The number of carboxylic acids is 2. The van der Waals surface area contributed by atoms with E-state index in [1.165, 1.54) is 6.92 Å². The van der Waals surface area contributed by atoms with Crippen LogP contribution in [0.5, 0.6) is 0 Å². The highest BCUT2D eigenvalue weighted by Gasteiger charge is 2.38. The van der Waals surface area contributed by atoms with E-state index < -0.39 is 66.5 Å². The minimum absolute atomic E-state index is 0.150. The molecule has 0 aromatic rings. The van der Waals surface area contributed by atoms with Crippen molar-refractivity contribution in [1.82, 2.24) is 15.5 Å². The van der Waals surface area contributed by atoms with Crippen molar-refractivity contribution in [1.29, 1.82) is 0 Å². The second-order valence-electron chi connectivity index (χ2n) is 7.04. The van der Waals surface area contributed by atoms with E-state index in [0.29, 0.717) is 6.42 Å². The van der Waals surface area contributed by atoms with Crippen LogP contribution in [0.1, 0.15) is 32.6 Å². The molecule has 30 heavy (non-hydrogen) atoms. The number of nitrogens with one attached hydrogen (secondary N) is 2. The van der Waals surface area contributed by atoms with Gasteiger partial charge >= 0.3 is 11.9 Å². The average molecular weight is 432 g/mol. The van der Waals surface area contributed by atoms with Crippen molar-refractivity contribution in [3.63, 3.8) is 0 Å². The molecule has 0 aromatic carbocycles. The van der Waals surface area contributed by atoms with Crippen LogP contribution in [0.2, 0.25) is 0 Å². The van der Waals surface area contributed by atoms with Gasteiger partial charge in [-0.25, -0.2) is 4.79 Å². The number of rotatable bonds is 11. The quantitative estimate of drug-likeness (QED) is 0.171. The summed E-state index contributed by atoms with van der Waals surface area (Å²) in [5.41, 5.74) is 5.57. The highest BCUT2D eigenvalue weighted by Crippen LogP contribution is 2.18. The number of nitrogens with two attached hydrogens (primary N) is 1. The number of carbonyl (C=O) groups excluding carboxylic acids is 3. The lowest BCUT2D eigenvalue weighted by molar-refractivity contribution is -0.150. The van der Waals surface area contributed by atoms with Crippen LogP contribution in [0, 0.1) is 0 Å². The van der Waals surface area contributed by atoms with E-state index in [1.54, 1.807) is 0 Å². The number of hydrogen-bond acceptors (Lipinski definition) is 8. The predicted molar refractivity (Wildman–Crippen MR) is 99.8 cm³/mol. The summed E-state index contributed by atoms with van der Waals surface area (Å²) in [6, 6.07) is -5.32. The normalized spacial score (nSPS) is 20.0. The van der Waals surface area contributed by atoms with Crippen LogP contribution in [-0.2, 0) is 24.0 Å². The molecule has 0 bridgehead atoms. The number of amides is 3. The van der Waals surface area contributed by atoms with Crippen LogP contribution in [0.4, 0.5) is 0 Å². The summed E-state index contributed by atoms with van der Waals surface area (Å²) in [7, 11) is 0. The van der Waals surface area contributed by atoms with Gasteiger partial charge in [-0.3, -0.25) is 19.2 Å². The third-order valence-corrected chi connectivity index (χ3v) is 4.69. The first-order chi connectivity index (χ1) is 14.0. The third kappa shape index (κ3) is 6.93. The molecule has 5 atom stereocenters. The Balaban J connectivity index is 2.80. The molecule has 1 rings (SSSR count). The van der Waals surface area contributed by atoms with Crippen LogP contribution in [-0.4, -0.2) is 98.4 Å². The van der Waals surface area contributed by atoms with Crippen LogP contribution in [0.15, 0.2) is 0 Å². The summed E-state index contributed by atoms with van der Waals surface area (Å²) in [5.74, 6) is -5.04. The highest BCUT2D eigenvalue weighted by molar-refractivity contribution is 5.94. The molecule has 0 spiro atoms. The van der Waals surface area contributed by atoms with Crippen molar-refractivity contribution < 1.29 is 44.4 Å². The summed E-state index contributed by atoms with van der Waals surface area (Å²) in [5, 5.41) is 41.5. The number of nitrogens with zero attached hydrogens (tertiary/aromatic N) is 1. The molecule has 1 aliphatic heterocycles. The molecule has 1 saturated heterocycles. The van der Waals surface area contributed by atoms with Gasteiger partial charge in [-0.15, -0.1) is 0 Å². The maximum Gasteiger partial charge on any atom is 0.326 e. The zero-order valence-electron chi connectivity index (χ0n) is 16.5. The predicted octanol–water partition coefficient (Wildman–Crippen LogP) is -3.40. The number of aliphatic hydroxyl groups is 2. The van der Waals surface area contributed by atoms with E-state index in [1.807, 2.05) is 0 Å². The second kappa shape index (κ2) is 11.4. The Hall–Kier alpha value is -2.77. The van der Waals surface area contributed by atoms with Gasteiger partial charge in [0.25, 0.3) is 0 Å². The fraction of sp³-hybridized carbons (Fsp3) is 0.706. The fourth-order valence-corrected chi connectivity index (χ4v) is 3.01. The number of likely N-dealkylation sites (tertiary alicyclic amines) is 1. The highest BCUT2D eigenvalue weighted by atomic mass is 16.4. The molecule has 1 aliphatic rings. The number of carbonyl (C=O) groups is 5. The Bertz CT molecular complexity index is 670. The number of hydrogen-bond donors (Lipinski definition) is 7. The first-order valence-corrected chi connectivity index (χ1v) is 9.39. The van der Waals surface area contributed by atoms with Crippen LogP contribution >= 0.6 is 0 Å². The van der Waals surface area contributed by atoms with Gasteiger partial charge in [-0.2, -0.15) is 0 Å². The second-order valence-corrected chi connectivity index (χ2v) is 7.04. The largest absolute Gasteiger partial charge is 0.481 e. The zero-order chi connectivity index (χ0) is 23.0. The first-order valence-electron chi connectivity index (χ1n) is 9.39. The maximum absolute atomic E-state index is 12.6. The summed E-state index contributed by atoms with van der Waals surface area (Å²) < 4.78 is 0. The molecule has 13 heteroatoms. The SMILES string of the molecule is CC(O)C(NC(=O)C(N)CCC(=O)O)C(=O)NC(CO)C(=O)N1CCCC1C(=O)O. The molecule has 8 N–H and O–H groups in total. The zero-order valence-corrected chi connectivity index (χ0v) is 16.5. The van der Waals surface area contributed by atoms with Crippen molar-refractivity contribution in [2.24, 2.45) is 5.73 Å². The molecule has 0 saturated carbocycles. The summed E-state index contributed by atoms with van der Waals surface area (Å²) in [4.78, 5) is 60.0. The Morgan fingerprint density at radius 3 is 2.27 bits per heavy atom. The van der Waals surface area contributed by atoms with E-state index >= 15 is 0 Å². The lowest BCUT2D eigenvalue weighted by Gasteiger charge is -2.28. The van der Waals surface area contributed by atoms with Gasteiger partial charge in [0.2, 0.25) is 17.7 Å². The number of aliphatic hydroxyl groups excluding tert-OH is 2. The monoisotopic (exact) mass is 432 g/mol. The molecule has 3 amide bonds. The Morgan fingerprint density at radius 2 is 1.77 bits per heavy atom. The summed E-state index contributed by atoms with van der Waals surface area (Å²) in [6.07, 6.45) is -1.28. The summed E-state index contributed by atoms with van der Waals surface area (Å²) in [6.45, 7) is 0.521. The van der Waals surface area contributed by atoms with Gasteiger partial charge in [0.1, 0.15) is 18.1 Å². The minimum atomic E-state index is -1.54. The van der Waals surface area contributed by atoms with Crippen molar-refractivity contribution >= 4 is 29.7 Å². The van der Waals surface area contributed by atoms with Crippen molar-refractivity contribution in [3.8, 4) is 0 Å². The van der Waals surface area contributed by atoms with Gasteiger partial charge in [-0.05, 0) is 26.2 Å². The van der Waals surface area contributed by atoms with E-state index in [4.69, 9.17) is 10.8 Å². The molecule has 0 radical (unpaired) electrons. The van der Waals surface area contributed by atoms with Crippen molar-refractivity contribution in [3.05, 3.63) is 0 Å². The van der Waals surface area contributed by atoms with Gasteiger partial charge in [0.05, 0.1) is 18.8 Å². The molecule has 170 valence electrons. The minimum Gasteiger partial charge on any atom is -0.481 e. The van der Waals surface area contributed by atoms with E-state index in [-0.39, 0.29) is 25.8 Å². The van der Waals surface area contributed by atoms with Crippen LogP contribution in [0.3, 0.4) is 0 Å². The van der Waals surface area contributed by atoms with Gasteiger partial charge in [-0.1, -0.05) is 0 Å². The van der Waals surface area contributed by atoms with Crippen molar-refractivity contribution in [2.75, 3.05) is 13.2 Å². The standard InChI is InChI=1S/C17H28N4O9/c1-8(23)13(20-14(26)9(18)4-5-12(24)25)15(27)19-10(7-22)16(28)21-6-2-3-11(21)17(29)30/h8-11,13,22-23H,2-7,18H2,1H3,(H,19,27)(H,20,26)(H,24,25)(H,29,30). The maximum atomic E-state index is 12.6. The molecule has 5 unspecified atom stereocenters. The fourth-order valence-electron chi connectivity index (χ4n) is 3.01. The molecule has 1 heterocycles. The Labute approximate surface area is 172 Å². The topological polar surface area (TPSA) is 220 Å². The molecule has 0 aromatic heterocycles. The first kappa shape index (κ1) is 25.3. The number of carboxylic acid groups (broad SMARTS) is 2. The Morgan fingerprint density at radius 1 is 1.13 bits per heavy atom. The molecular weight excluding hydrogens is 404 g/mol. The summed E-state index contributed by atoms with van der Waals surface area (Å²) >= 11 is 0. The Kier molecular flexibility index (Phi) is 9.62. The van der Waals surface area contributed by atoms with Crippen LogP contribution < -0.4 is 16.4 Å². The van der Waals surface area contributed by atoms with Crippen molar-refractivity contribution in [2.45, 2.75) is 62.9 Å². The van der Waals surface area contributed by atoms with E-state index in [9.17, 15) is 39.3 Å². The number of aliphatic carboxylic acids is 2. The van der Waals surface area contributed by atoms with E-state index in [0.717, 1.165) is 4.90 Å². The van der Waals surface area contributed by atoms with Gasteiger partial charge in [0, 0.05) is 13.0 Å². The lowest BCUT2D eigenvalue weighted by Crippen LogP contribution is -2.60. The molecular formula is C17H28N4O9. The third-order valence-electron chi connectivity index (χ3n) is 4.69. The molecule has 13 nitrogen and oxygen atoms in total. The van der Waals surface area contributed by atoms with E-state index in [2.05, 4.69) is 10.6 Å². The smallest absolute Gasteiger partial charge is 0.326 e. The molecule has 0 aliphatic carbocycles.